The maximum absolute atomic E-state index is 8.40. The van der Waals surface area contributed by atoms with Crippen molar-refractivity contribution < 1.29 is 5.21 Å². The second kappa shape index (κ2) is 4.06. The fourth-order valence-electron chi connectivity index (χ4n) is 0.757. The van der Waals surface area contributed by atoms with Crippen LogP contribution in [0.1, 0.15) is 5.56 Å². The lowest BCUT2D eigenvalue weighted by Crippen LogP contribution is -2.27. The average Bonchev–Trinajstić information content (AvgIpc) is 2.13. The molecule has 0 aliphatic heterocycles. The third-order valence-electron chi connectivity index (χ3n) is 1.48. The molecule has 1 rings (SSSR count). The van der Waals surface area contributed by atoms with Crippen LogP contribution in [-0.4, -0.2) is 16.2 Å². The summed E-state index contributed by atoms with van der Waals surface area (Å²) in [6.45, 7) is 1.79. The van der Waals surface area contributed by atoms with E-state index in [0.29, 0.717) is 10.7 Å². The molecule has 13 heavy (non-hydrogen) atoms. The number of nitrogens with two attached hydrogens (primary N) is 1. The Labute approximate surface area is 80.2 Å². The Kier molecular flexibility index (Phi) is 3.05. The van der Waals surface area contributed by atoms with Crippen LogP contribution in [0.4, 0.5) is 5.69 Å². The molecule has 0 aromatic carbocycles. The van der Waals surface area contributed by atoms with E-state index >= 15 is 0 Å². The molecule has 0 aliphatic carbocycles. The summed E-state index contributed by atoms with van der Waals surface area (Å²) in [6, 6.07) is 0. The maximum atomic E-state index is 8.40. The zero-order chi connectivity index (χ0) is 9.84. The maximum Gasteiger partial charge on any atom is 0.218 e. The first kappa shape index (κ1) is 9.76. The van der Waals surface area contributed by atoms with Crippen LogP contribution in [-0.2, 0) is 0 Å². The van der Waals surface area contributed by atoms with Gasteiger partial charge in [-0.05, 0) is 12.5 Å². The molecule has 4 N–H and O–H groups in total. The molecule has 0 saturated heterocycles. The van der Waals surface area contributed by atoms with E-state index in [9.17, 15) is 0 Å². The minimum Gasteiger partial charge on any atom is -0.368 e. The summed E-state index contributed by atoms with van der Waals surface area (Å²) >= 11 is 5.78. The SMILES string of the molecule is Cc1c(Cl)cncc1N=C(N)NO. The number of guanidine groups is 1. The summed E-state index contributed by atoms with van der Waals surface area (Å²) in [5.41, 5.74) is 8.24. The Morgan fingerprint density at radius 2 is 2.38 bits per heavy atom. The lowest BCUT2D eigenvalue weighted by atomic mass is 10.2. The van der Waals surface area contributed by atoms with Crippen LogP contribution in [0.25, 0.3) is 0 Å². The van der Waals surface area contributed by atoms with E-state index in [2.05, 4.69) is 9.98 Å². The Hall–Kier alpha value is -1.33. The Morgan fingerprint density at radius 3 is 3.00 bits per heavy atom. The van der Waals surface area contributed by atoms with Gasteiger partial charge in [0.05, 0.1) is 16.9 Å². The molecule has 0 spiro atoms. The van der Waals surface area contributed by atoms with Gasteiger partial charge in [-0.2, -0.15) is 0 Å². The standard InChI is InChI=1S/C7H9ClN4O/c1-4-5(8)2-10-3-6(4)11-7(9)12-13/h2-3,13H,1H3,(H3,9,11,12). The number of nitrogens with one attached hydrogen (secondary N) is 1. The van der Waals surface area contributed by atoms with Crippen molar-refractivity contribution in [2.75, 3.05) is 0 Å². The van der Waals surface area contributed by atoms with Gasteiger partial charge in [-0.1, -0.05) is 11.6 Å². The van der Waals surface area contributed by atoms with Gasteiger partial charge in [0.2, 0.25) is 5.96 Å². The Morgan fingerprint density at radius 1 is 1.69 bits per heavy atom. The minimum absolute atomic E-state index is 0.104. The number of aliphatic imine (C=N–C) groups is 1. The third kappa shape index (κ3) is 2.30. The molecule has 70 valence electrons. The summed E-state index contributed by atoms with van der Waals surface area (Å²) in [5, 5.41) is 8.90. The van der Waals surface area contributed by atoms with Gasteiger partial charge in [0, 0.05) is 6.20 Å². The summed E-state index contributed by atoms with van der Waals surface area (Å²) in [5.74, 6) is -0.104. The second-order valence-corrected chi connectivity index (χ2v) is 2.78. The van der Waals surface area contributed by atoms with Crippen molar-refractivity contribution in [3.8, 4) is 0 Å². The molecule has 1 aromatic heterocycles. The van der Waals surface area contributed by atoms with Gasteiger partial charge in [-0.15, -0.1) is 0 Å². The number of pyridine rings is 1. The summed E-state index contributed by atoms with van der Waals surface area (Å²) in [7, 11) is 0. The highest BCUT2D eigenvalue weighted by Gasteiger charge is 2.01. The van der Waals surface area contributed by atoms with Crippen molar-refractivity contribution in [2.45, 2.75) is 6.92 Å². The normalized spacial score (nSPS) is 11.5. The van der Waals surface area contributed by atoms with Gasteiger partial charge in [0.25, 0.3) is 0 Å². The van der Waals surface area contributed by atoms with Crippen molar-refractivity contribution in [1.82, 2.24) is 10.5 Å². The molecule has 0 unspecified atom stereocenters. The number of rotatable bonds is 1. The summed E-state index contributed by atoms with van der Waals surface area (Å²) in [4.78, 5) is 7.65. The lowest BCUT2D eigenvalue weighted by molar-refractivity contribution is 0.233. The second-order valence-electron chi connectivity index (χ2n) is 2.37. The predicted octanol–water partition coefficient (Wildman–Crippen LogP) is 0.968. The lowest BCUT2D eigenvalue weighted by Gasteiger charge is -2.02. The van der Waals surface area contributed by atoms with E-state index in [4.69, 9.17) is 22.5 Å². The van der Waals surface area contributed by atoms with E-state index in [-0.39, 0.29) is 5.96 Å². The first-order chi connectivity index (χ1) is 6.15. The van der Waals surface area contributed by atoms with Crippen molar-refractivity contribution in [2.24, 2.45) is 10.7 Å². The largest absolute Gasteiger partial charge is 0.368 e. The number of nitrogens with zero attached hydrogens (tertiary/aromatic N) is 2. The van der Waals surface area contributed by atoms with Crippen molar-refractivity contribution in [3.63, 3.8) is 0 Å². The van der Waals surface area contributed by atoms with Gasteiger partial charge in [-0.25, -0.2) is 10.5 Å². The molecule has 1 aromatic rings. The summed E-state index contributed by atoms with van der Waals surface area (Å²) in [6.07, 6.45) is 3.02. The van der Waals surface area contributed by atoms with Crippen LogP contribution in [0, 0.1) is 6.92 Å². The first-order valence-corrected chi connectivity index (χ1v) is 3.87. The molecular formula is C7H9ClN4O. The van der Waals surface area contributed by atoms with Gasteiger partial charge < -0.3 is 5.73 Å². The van der Waals surface area contributed by atoms with E-state index in [0.717, 1.165) is 5.56 Å². The number of hydrogen-bond donors (Lipinski definition) is 3. The molecule has 0 aliphatic rings. The number of halogens is 1. The molecular weight excluding hydrogens is 192 g/mol. The van der Waals surface area contributed by atoms with E-state index in [1.54, 1.807) is 12.4 Å². The molecule has 0 radical (unpaired) electrons. The van der Waals surface area contributed by atoms with Crippen molar-refractivity contribution >= 4 is 23.2 Å². The molecule has 0 saturated carbocycles. The van der Waals surface area contributed by atoms with E-state index in [1.807, 2.05) is 0 Å². The fraction of sp³-hybridized carbons (Fsp3) is 0.143. The smallest absolute Gasteiger partial charge is 0.218 e. The quantitative estimate of drug-likeness (QED) is 0.358. The Bertz CT molecular complexity index is 339. The van der Waals surface area contributed by atoms with Crippen LogP contribution < -0.4 is 11.2 Å². The minimum atomic E-state index is -0.104. The first-order valence-electron chi connectivity index (χ1n) is 3.49. The highest BCUT2D eigenvalue weighted by molar-refractivity contribution is 6.31. The molecule has 0 fully saturated rings. The highest BCUT2D eigenvalue weighted by Crippen LogP contribution is 2.23. The van der Waals surface area contributed by atoms with Crippen LogP contribution in [0.15, 0.2) is 17.4 Å². The molecule has 0 bridgehead atoms. The number of hydrogen-bond acceptors (Lipinski definition) is 3. The molecule has 0 amide bonds. The van der Waals surface area contributed by atoms with Crippen molar-refractivity contribution in [1.29, 1.82) is 0 Å². The average molecular weight is 201 g/mol. The number of hydroxylamine groups is 1. The van der Waals surface area contributed by atoms with Crippen molar-refractivity contribution in [3.05, 3.63) is 23.0 Å². The van der Waals surface area contributed by atoms with Crippen LogP contribution in [0.2, 0.25) is 5.02 Å². The summed E-state index contributed by atoms with van der Waals surface area (Å²) < 4.78 is 0. The fourth-order valence-corrected chi connectivity index (χ4v) is 0.910. The van der Waals surface area contributed by atoms with Crippen LogP contribution in [0.3, 0.4) is 0 Å². The Balaban J connectivity index is 3.09. The zero-order valence-corrected chi connectivity index (χ0v) is 7.71. The third-order valence-corrected chi connectivity index (χ3v) is 1.86. The van der Waals surface area contributed by atoms with Crippen LogP contribution >= 0.6 is 11.6 Å². The van der Waals surface area contributed by atoms with E-state index < -0.39 is 0 Å². The number of aromatic nitrogens is 1. The van der Waals surface area contributed by atoms with Gasteiger partial charge in [-0.3, -0.25) is 10.2 Å². The van der Waals surface area contributed by atoms with E-state index in [1.165, 1.54) is 12.4 Å². The molecule has 0 atom stereocenters. The van der Waals surface area contributed by atoms with Gasteiger partial charge in [0.1, 0.15) is 0 Å². The van der Waals surface area contributed by atoms with Crippen LogP contribution in [0.5, 0.6) is 0 Å². The predicted molar refractivity (Wildman–Crippen MR) is 50.2 cm³/mol. The zero-order valence-electron chi connectivity index (χ0n) is 6.95. The van der Waals surface area contributed by atoms with Gasteiger partial charge >= 0.3 is 0 Å². The monoisotopic (exact) mass is 200 g/mol. The van der Waals surface area contributed by atoms with Gasteiger partial charge in [0.15, 0.2) is 0 Å². The highest BCUT2D eigenvalue weighted by atomic mass is 35.5. The molecule has 1 heterocycles. The molecule has 5 nitrogen and oxygen atoms in total. The topological polar surface area (TPSA) is 83.5 Å². The molecule has 6 heteroatoms.